The van der Waals surface area contributed by atoms with Crippen LogP contribution in [0.1, 0.15) is 16.7 Å². The van der Waals surface area contributed by atoms with Crippen LogP contribution in [0.25, 0.3) is 0 Å². The lowest BCUT2D eigenvalue weighted by Crippen LogP contribution is -2.37. The first kappa shape index (κ1) is 17.9. The van der Waals surface area contributed by atoms with Gasteiger partial charge in [0.2, 0.25) is 0 Å². The number of hydrogen-bond donors (Lipinski definition) is 0. The number of imidazole rings is 1. The summed E-state index contributed by atoms with van der Waals surface area (Å²) < 4.78 is 34.6. The molecule has 0 saturated heterocycles. The highest BCUT2D eigenvalue weighted by atomic mass is 19.1. The van der Waals surface area contributed by atoms with Crippen molar-refractivity contribution < 1.29 is 13.5 Å². The first-order chi connectivity index (χ1) is 13.6. The van der Waals surface area contributed by atoms with Crippen molar-refractivity contribution in [3.05, 3.63) is 120 Å². The second-order valence-electron chi connectivity index (χ2n) is 6.42. The molecule has 0 unspecified atom stereocenters. The van der Waals surface area contributed by atoms with E-state index in [1.54, 1.807) is 43.9 Å². The standard InChI is InChI=1S/C23H18F2N2O/c1-28-22-12-6-19(7-13-22)23(27-15-14-26-16-27,17-2-8-20(24)9-3-17)18-4-10-21(25)11-5-18/h2-16H,1H3. The summed E-state index contributed by atoms with van der Waals surface area (Å²) in [6, 6.07) is 20.3. The molecule has 4 aromatic rings. The zero-order valence-corrected chi connectivity index (χ0v) is 15.2. The average molecular weight is 376 g/mol. The van der Waals surface area contributed by atoms with Gasteiger partial charge >= 0.3 is 0 Å². The van der Waals surface area contributed by atoms with Crippen LogP contribution in [0, 0.1) is 11.6 Å². The minimum atomic E-state index is -0.857. The summed E-state index contributed by atoms with van der Waals surface area (Å²) in [6.45, 7) is 0. The van der Waals surface area contributed by atoms with Gasteiger partial charge in [0, 0.05) is 12.4 Å². The molecular weight excluding hydrogens is 358 g/mol. The fourth-order valence-electron chi connectivity index (χ4n) is 3.62. The second kappa shape index (κ2) is 7.27. The molecule has 0 amide bonds. The number of aromatic nitrogens is 2. The molecule has 0 N–H and O–H groups in total. The van der Waals surface area contributed by atoms with E-state index in [4.69, 9.17) is 4.74 Å². The number of halogens is 2. The van der Waals surface area contributed by atoms with Gasteiger partial charge < -0.3 is 9.30 Å². The summed E-state index contributed by atoms with van der Waals surface area (Å²) in [4.78, 5) is 4.22. The highest BCUT2D eigenvalue weighted by Gasteiger charge is 2.38. The summed E-state index contributed by atoms with van der Waals surface area (Å²) >= 11 is 0. The van der Waals surface area contributed by atoms with E-state index in [2.05, 4.69) is 4.98 Å². The van der Waals surface area contributed by atoms with Crippen LogP contribution in [-0.2, 0) is 5.54 Å². The topological polar surface area (TPSA) is 27.1 Å². The maximum Gasteiger partial charge on any atom is 0.123 e. The van der Waals surface area contributed by atoms with Crippen molar-refractivity contribution in [1.82, 2.24) is 9.55 Å². The summed E-state index contributed by atoms with van der Waals surface area (Å²) in [5, 5.41) is 0. The molecule has 3 nitrogen and oxygen atoms in total. The van der Waals surface area contributed by atoms with Gasteiger partial charge in [0.25, 0.3) is 0 Å². The molecule has 0 aliphatic carbocycles. The number of methoxy groups -OCH3 is 1. The van der Waals surface area contributed by atoms with Crippen LogP contribution in [-0.4, -0.2) is 16.7 Å². The van der Waals surface area contributed by atoms with Crippen molar-refractivity contribution in [1.29, 1.82) is 0 Å². The average Bonchev–Trinajstić information content (AvgIpc) is 3.27. The molecule has 0 saturated carbocycles. The highest BCUT2D eigenvalue weighted by molar-refractivity contribution is 5.51. The summed E-state index contributed by atoms with van der Waals surface area (Å²) in [6.07, 6.45) is 5.24. The Morgan fingerprint density at radius 1 is 0.750 bits per heavy atom. The van der Waals surface area contributed by atoms with Gasteiger partial charge in [-0.2, -0.15) is 0 Å². The molecular formula is C23H18F2N2O. The Morgan fingerprint density at radius 2 is 1.21 bits per heavy atom. The van der Waals surface area contributed by atoms with Gasteiger partial charge in [-0.05, 0) is 53.1 Å². The number of rotatable bonds is 5. The molecule has 0 spiro atoms. The number of ether oxygens (including phenoxy) is 1. The van der Waals surface area contributed by atoms with Crippen molar-refractivity contribution in [3.8, 4) is 5.75 Å². The van der Waals surface area contributed by atoms with Gasteiger partial charge in [-0.1, -0.05) is 36.4 Å². The fraction of sp³-hybridized carbons (Fsp3) is 0.0870. The zero-order valence-electron chi connectivity index (χ0n) is 15.2. The van der Waals surface area contributed by atoms with Crippen molar-refractivity contribution >= 4 is 0 Å². The Bertz CT molecular complexity index is 996. The van der Waals surface area contributed by atoms with Crippen LogP contribution in [0.15, 0.2) is 91.5 Å². The van der Waals surface area contributed by atoms with E-state index in [1.807, 2.05) is 35.0 Å². The van der Waals surface area contributed by atoms with E-state index in [1.165, 1.54) is 24.3 Å². The van der Waals surface area contributed by atoms with E-state index in [9.17, 15) is 8.78 Å². The second-order valence-corrected chi connectivity index (χ2v) is 6.42. The first-order valence-electron chi connectivity index (χ1n) is 8.79. The molecule has 0 radical (unpaired) electrons. The molecule has 5 heteroatoms. The van der Waals surface area contributed by atoms with Gasteiger partial charge in [0.05, 0.1) is 13.4 Å². The van der Waals surface area contributed by atoms with Crippen LogP contribution in [0.4, 0.5) is 8.78 Å². The van der Waals surface area contributed by atoms with Crippen LogP contribution in [0.2, 0.25) is 0 Å². The molecule has 4 rings (SSSR count). The number of hydrogen-bond acceptors (Lipinski definition) is 2. The first-order valence-corrected chi connectivity index (χ1v) is 8.79. The summed E-state index contributed by atoms with van der Waals surface area (Å²) in [5.41, 5.74) is 1.70. The Kier molecular flexibility index (Phi) is 4.65. The minimum absolute atomic E-state index is 0.322. The van der Waals surface area contributed by atoms with E-state index in [-0.39, 0.29) is 11.6 Å². The van der Waals surface area contributed by atoms with E-state index in [0.29, 0.717) is 0 Å². The summed E-state index contributed by atoms with van der Waals surface area (Å²) in [5.74, 6) is 0.0794. The lowest BCUT2D eigenvalue weighted by atomic mass is 9.76. The van der Waals surface area contributed by atoms with Crippen LogP contribution in [0.3, 0.4) is 0 Å². The molecule has 1 aromatic heterocycles. The number of benzene rings is 3. The molecule has 1 heterocycles. The van der Waals surface area contributed by atoms with Crippen molar-refractivity contribution in [2.24, 2.45) is 0 Å². The Morgan fingerprint density at radius 3 is 1.61 bits per heavy atom. The van der Waals surface area contributed by atoms with Crippen LogP contribution < -0.4 is 4.74 Å². The normalized spacial score (nSPS) is 11.4. The smallest absolute Gasteiger partial charge is 0.123 e. The highest BCUT2D eigenvalue weighted by Crippen LogP contribution is 2.41. The molecule has 3 aromatic carbocycles. The number of nitrogens with zero attached hydrogens (tertiary/aromatic N) is 2. The lowest BCUT2D eigenvalue weighted by Gasteiger charge is -2.37. The van der Waals surface area contributed by atoms with Crippen LogP contribution in [0.5, 0.6) is 5.75 Å². The summed E-state index contributed by atoms with van der Waals surface area (Å²) in [7, 11) is 1.61. The van der Waals surface area contributed by atoms with Gasteiger partial charge in [-0.15, -0.1) is 0 Å². The lowest BCUT2D eigenvalue weighted by molar-refractivity contribution is 0.414. The largest absolute Gasteiger partial charge is 0.497 e. The third-order valence-corrected chi connectivity index (χ3v) is 4.92. The van der Waals surface area contributed by atoms with Crippen molar-refractivity contribution in [2.45, 2.75) is 5.54 Å². The predicted octanol–water partition coefficient (Wildman–Crippen LogP) is 5.01. The Labute approximate surface area is 161 Å². The third-order valence-electron chi connectivity index (χ3n) is 4.92. The Balaban J connectivity index is 2.07. The molecule has 0 atom stereocenters. The maximum atomic E-state index is 13.7. The van der Waals surface area contributed by atoms with Crippen molar-refractivity contribution in [2.75, 3.05) is 7.11 Å². The monoisotopic (exact) mass is 376 g/mol. The predicted molar refractivity (Wildman–Crippen MR) is 103 cm³/mol. The van der Waals surface area contributed by atoms with Gasteiger partial charge in [0.1, 0.15) is 22.9 Å². The van der Waals surface area contributed by atoms with E-state index in [0.717, 1.165) is 22.4 Å². The van der Waals surface area contributed by atoms with Gasteiger partial charge in [-0.25, -0.2) is 13.8 Å². The van der Waals surface area contributed by atoms with E-state index < -0.39 is 5.54 Å². The molecule has 0 fully saturated rings. The maximum absolute atomic E-state index is 13.7. The Hall–Kier alpha value is -3.47. The fourth-order valence-corrected chi connectivity index (χ4v) is 3.62. The van der Waals surface area contributed by atoms with Crippen LogP contribution >= 0.6 is 0 Å². The molecule has 0 aliphatic rings. The molecule has 140 valence electrons. The van der Waals surface area contributed by atoms with Gasteiger partial charge in [0.15, 0.2) is 0 Å². The third kappa shape index (κ3) is 2.95. The molecule has 28 heavy (non-hydrogen) atoms. The SMILES string of the molecule is COc1ccc(C(c2ccc(F)cc2)(c2ccc(F)cc2)n2ccnc2)cc1. The minimum Gasteiger partial charge on any atom is -0.497 e. The quantitative estimate of drug-likeness (QED) is 0.458. The van der Waals surface area contributed by atoms with E-state index >= 15 is 0 Å². The zero-order chi connectivity index (χ0) is 19.6. The molecule has 0 bridgehead atoms. The molecule has 0 aliphatic heterocycles. The van der Waals surface area contributed by atoms with Crippen molar-refractivity contribution in [3.63, 3.8) is 0 Å². The van der Waals surface area contributed by atoms with Gasteiger partial charge in [-0.3, -0.25) is 0 Å².